The van der Waals surface area contributed by atoms with E-state index >= 15 is 0 Å². The summed E-state index contributed by atoms with van der Waals surface area (Å²) in [4.78, 5) is 4.62. The SMILES string of the molecule is COc1cc(N2CCC(N(C)CCO)CC2)ccc1N. The molecule has 0 unspecified atom stereocenters. The van der Waals surface area contributed by atoms with Crippen LogP contribution in [0, 0.1) is 0 Å². The molecule has 1 aliphatic rings. The van der Waals surface area contributed by atoms with E-state index in [9.17, 15) is 0 Å². The van der Waals surface area contributed by atoms with Crippen molar-refractivity contribution in [2.45, 2.75) is 18.9 Å². The predicted octanol–water partition coefficient (Wildman–Crippen LogP) is 1.17. The van der Waals surface area contributed by atoms with Gasteiger partial charge in [-0.05, 0) is 32.0 Å². The molecular weight excluding hydrogens is 254 g/mol. The van der Waals surface area contributed by atoms with Crippen LogP contribution in [0.25, 0.3) is 0 Å². The molecule has 0 amide bonds. The summed E-state index contributed by atoms with van der Waals surface area (Å²) >= 11 is 0. The normalized spacial score (nSPS) is 16.7. The molecule has 1 aromatic carbocycles. The fraction of sp³-hybridized carbons (Fsp3) is 0.600. The Kier molecular flexibility index (Phi) is 5.09. The fourth-order valence-electron chi connectivity index (χ4n) is 2.80. The van der Waals surface area contributed by atoms with Gasteiger partial charge in [0.1, 0.15) is 5.75 Å². The molecule has 112 valence electrons. The van der Waals surface area contributed by atoms with Crippen molar-refractivity contribution in [2.24, 2.45) is 0 Å². The third kappa shape index (κ3) is 3.35. The zero-order valence-corrected chi connectivity index (χ0v) is 12.4. The zero-order valence-electron chi connectivity index (χ0n) is 12.4. The first kappa shape index (κ1) is 14.9. The van der Waals surface area contributed by atoms with Gasteiger partial charge in [-0.15, -0.1) is 0 Å². The second-order valence-corrected chi connectivity index (χ2v) is 5.35. The molecule has 0 saturated carbocycles. The van der Waals surface area contributed by atoms with Gasteiger partial charge in [-0.25, -0.2) is 0 Å². The van der Waals surface area contributed by atoms with Crippen LogP contribution in [0.1, 0.15) is 12.8 Å². The number of likely N-dealkylation sites (N-methyl/N-ethyl adjacent to an activating group) is 1. The summed E-state index contributed by atoms with van der Waals surface area (Å²) in [7, 11) is 3.73. The first-order chi connectivity index (χ1) is 9.65. The van der Waals surface area contributed by atoms with E-state index < -0.39 is 0 Å². The van der Waals surface area contributed by atoms with Gasteiger partial charge in [0.2, 0.25) is 0 Å². The van der Waals surface area contributed by atoms with Crippen LogP contribution in [-0.2, 0) is 0 Å². The Morgan fingerprint density at radius 2 is 2.10 bits per heavy atom. The number of piperidine rings is 1. The van der Waals surface area contributed by atoms with Crippen LogP contribution in [-0.4, -0.2) is 56.4 Å². The van der Waals surface area contributed by atoms with Crippen LogP contribution in [0.15, 0.2) is 18.2 Å². The molecule has 0 atom stereocenters. The van der Waals surface area contributed by atoms with E-state index in [4.69, 9.17) is 15.6 Å². The molecule has 0 aromatic heterocycles. The average Bonchev–Trinajstić information content (AvgIpc) is 2.48. The van der Waals surface area contributed by atoms with Crippen molar-refractivity contribution in [1.29, 1.82) is 0 Å². The highest BCUT2D eigenvalue weighted by Crippen LogP contribution is 2.29. The quantitative estimate of drug-likeness (QED) is 0.792. The van der Waals surface area contributed by atoms with Gasteiger partial charge in [0.25, 0.3) is 0 Å². The Bertz CT molecular complexity index is 431. The van der Waals surface area contributed by atoms with Gasteiger partial charge in [-0.2, -0.15) is 0 Å². The Balaban J connectivity index is 1.96. The largest absolute Gasteiger partial charge is 0.495 e. The lowest BCUT2D eigenvalue weighted by Crippen LogP contribution is -2.44. The third-order valence-electron chi connectivity index (χ3n) is 4.12. The first-order valence-electron chi connectivity index (χ1n) is 7.15. The van der Waals surface area contributed by atoms with Crippen molar-refractivity contribution >= 4 is 11.4 Å². The number of hydrogen-bond acceptors (Lipinski definition) is 5. The number of nitrogens with two attached hydrogens (primary N) is 1. The lowest BCUT2D eigenvalue weighted by atomic mass is 10.0. The molecule has 1 heterocycles. The molecule has 5 nitrogen and oxygen atoms in total. The smallest absolute Gasteiger partial charge is 0.143 e. The number of aliphatic hydroxyl groups excluding tert-OH is 1. The lowest BCUT2D eigenvalue weighted by Gasteiger charge is -2.37. The minimum absolute atomic E-state index is 0.228. The summed E-state index contributed by atoms with van der Waals surface area (Å²) in [6.07, 6.45) is 2.23. The van der Waals surface area contributed by atoms with Crippen LogP contribution in [0.4, 0.5) is 11.4 Å². The maximum Gasteiger partial charge on any atom is 0.143 e. The van der Waals surface area contributed by atoms with Crippen molar-refractivity contribution in [3.63, 3.8) is 0 Å². The maximum absolute atomic E-state index is 9.00. The van der Waals surface area contributed by atoms with E-state index in [2.05, 4.69) is 22.9 Å². The van der Waals surface area contributed by atoms with E-state index in [1.807, 2.05) is 12.1 Å². The molecule has 0 bridgehead atoms. The number of aliphatic hydroxyl groups is 1. The average molecular weight is 279 g/mol. The molecule has 0 spiro atoms. The number of ether oxygens (including phenoxy) is 1. The van der Waals surface area contributed by atoms with Gasteiger partial charge < -0.3 is 25.4 Å². The lowest BCUT2D eigenvalue weighted by molar-refractivity contribution is 0.162. The Morgan fingerprint density at radius 1 is 1.40 bits per heavy atom. The summed E-state index contributed by atoms with van der Waals surface area (Å²) in [6.45, 7) is 3.02. The van der Waals surface area contributed by atoms with Crippen LogP contribution in [0.3, 0.4) is 0 Å². The second kappa shape index (κ2) is 6.81. The summed E-state index contributed by atoms with van der Waals surface area (Å²) in [5.41, 5.74) is 7.69. The number of anilines is 2. The van der Waals surface area contributed by atoms with E-state index in [0.29, 0.717) is 11.7 Å². The van der Waals surface area contributed by atoms with Gasteiger partial charge in [-0.1, -0.05) is 0 Å². The van der Waals surface area contributed by atoms with Crippen molar-refractivity contribution in [3.8, 4) is 5.75 Å². The predicted molar refractivity (Wildman–Crippen MR) is 82.4 cm³/mol. The third-order valence-corrected chi connectivity index (χ3v) is 4.12. The topological polar surface area (TPSA) is 62.0 Å². The maximum atomic E-state index is 9.00. The van der Waals surface area contributed by atoms with Gasteiger partial charge in [0.05, 0.1) is 19.4 Å². The van der Waals surface area contributed by atoms with Crippen LogP contribution < -0.4 is 15.4 Å². The highest BCUT2D eigenvalue weighted by molar-refractivity contribution is 5.62. The van der Waals surface area contributed by atoms with Crippen molar-refractivity contribution in [3.05, 3.63) is 18.2 Å². The molecular formula is C15H25N3O2. The van der Waals surface area contributed by atoms with Gasteiger partial charge in [-0.3, -0.25) is 0 Å². The zero-order chi connectivity index (χ0) is 14.5. The molecule has 3 N–H and O–H groups in total. The minimum atomic E-state index is 0.228. The molecule has 5 heteroatoms. The number of hydrogen-bond donors (Lipinski definition) is 2. The highest BCUT2D eigenvalue weighted by atomic mass is 16.5. The molecule has 0 radical (unpaired) electrons. The van der Waals surface area contributed by atoms with Crippen LogP contribution in [0.5, 0.6) is 5.75 Å². The number of nitrogen functional groups attached to an aromatic ring is 1. The minimum Gasteiger partial charge on any atom is -0.495 e. The Hall–Kier alpha value is -1.46. The fourth-order valence-corrected chi connectivity index (χ4v) is 2.80. The molecule has 1 fully saturated rings. The number of rotatable bonds is 5. The molecule has 0 aliphatic carbocycles. The summed E-state index contributed by atoms with van der Waals surface area (Å²) in [5.74, 6) is 0.738. The summed E-state index contributed by atoms with van der Waals surface area (Å²) in [5, 5.41) is 9.00. The first-order valence-corrected chi connectivity index (χ1v) is 7.15. The molecule has 1 saturated heterocycles. The Labute approximate surface area is 120 Å². The standard InChI is InChI=1S/C15H25N3O2/c1-17(9-10-19)12-5-7-18(8-6-12)13-3-4-14(16)15(11-13)20-2/h3-4,11-12,19H,5-10,16H2,1-2H3. The molecule has 2 rings (SSSR count). The van der Waals surface area contributed by atoms with Gasteiger partial charge >= 0.3 is 0 Å². The second-order valence-electron chi connectivity index (χ2n) is 5.35. The van der Waals surface area contributed by atoms with Crippen LogP contribution in [0.2, 0.25) is 0 Å². The van der Waals surface area contributed by atoms with Crippen molar-refractivity contribution in [2.75, 3.05) is 51.0 Å². The monoisotopic (exact) mass is 279 g/mol. The number of methoxy groups -OCH3 is 1. The van der Waals surface area contributed by atoms with Crippen molar-refractivity contribution in [1.82, 2.24) is 4.90 Å². The molecule has 1 aliphatic heterocycles. The Morgan fingerprint density at radius 3 is 2.70 bits per heavy atom. The van der Waals surface area contributed by atoms with Gasteiger partial charge in [0, 0.05) is 37.4 Å². The van der Waals surface area contributed by atoms with E-state index in [1.54, 1.807) is 7.11 Å². The van der Waals surface area contributed by atoms with Gasteiger partial charge in [0.15, 0.2) is 0 Å². The molecule has 20 heavy (non-hydrogen) atoms. The van der Waals surface area contributed by atoms with E-state index in [-0.39, 0.29) is 6.61 Å². The van der Waals surface area contributed by atoms with E-state index in [0.717, 1.165) is 38.2 Å². The number of benzene rings is 1. The molecule has 1 aromatic rings. The highest BCUT2D eigenvalue weighted by Gasteiger charge is 2.22. The summed E-state index contributed by atoms with van der Waals surface area (Å²) in [6, 6.07) is 6.52. The van der Waals surface area contributed by atoms with Crippen LogP contribution >= 0.6 is 0 Å². The van der Waals surface area contributed by atoms with E-state index in [1.165, 1.54) is 5.69 Å². The number of nitrogens with zero attached hydrogens (tertiary/aromatic N) is 2. The van der Waals surface area contributed by atoms with Crippen molar-refractivity contribution < 1.29 is 9.84 Å². The summed E-state index contributed by atoms with van der Waals surface area (Å²) < 4.78 is 5.28.